The third-order valence-corrected chi connectivity index (χ3v) is 4.04. The molecule has 1 aromatic carbocycles. The second kappa shape index (κ2) is 4.56. The highest BCUT2D eigenvalue weighted by Crippen LogP contribution is 2.28. The van der Waals surface area contributed by atoms with Crippen molar-refractivity contribution in [3.8, 4) is 0 Å². The molecular weight excluding hydrogens is 318 g/mol. The summed E-state index contributed by atoms with van der Waals surface area (Å²) < 4.78 is 3.14. The number of imidazole rings is 1. The summed E-state index contributed by atoms with van der Waals surface area (Å²) in [4.78, 5) is 15.3. The van der Waals surface area contributed by atoms with Crippen LogP contribution in [0.3, 0.4) is 0 Å². The van der Waals surface area contributed by atoms with E-state index in [1.54, 1.807) is 12.4 Å². The Hall–Kier alpha value is -1.95. The minimum Gasteiger partial charge on any atom is -0.337 e. The zero-order valence-electron chi connectivity index (χ0n) is 10.6. The maximum absolute atomic E-state index is 4.44. The zero-order valence-corrected chi connectivity index (χ0v) is 12.2. The van der Waals surface area contributed by atoms with Gasteiger partial charge in [0.1, 0.15) is 0 Å². The minimum atomic E-state index is 0.439. The summed E-state index contributed by atoms with van der Waals surface area (Å²) >= 11 is 3.35. The van der Waals surface area contributed by atoms with E-state index in [2.05, 4.69) is 52.5 Å². The van der Waals surface area contributed by atoms with Gasteiger partial charge in [0, 0.05) is 25.5 Å². The molecule has 0 aliphatic carbocycles. The van der Waals surface area contributed by atoms with Gasteiger partial charge in [-0.05, 0) is 28.1 Å². The van der Waals surface area contributed by atoms with Crippen molar-refractivity contribution in [2.75, 3.05) is 18.0 Å². The lowest BCUT2D eigenvalue weighted by Crippen LogP contribution is -2.48. The van der Waals surface area contributed by atoms with Gasteiger partial charge in [-0.2, -0.15) is 0 Å². The van der Waals surface area contributed by atoms with Crippen molar-refractivity contribution < 1.29 is 0 Å². The van der Waals surface area contributed by atoms with Crippen LogP contribution in [0.1, 0.15) is 6.04 Å². The van der Waals surface area contributed by atoms with Gasteiger partial charge < -0.3 is 9.47 Å². The van der Waals surface area contributed by atoms with E-state index in [-0.39, 0.29) is 0 Å². The number of aromatic nitrogens is 4. The first-order valence-electron chi connectivity index (χ1n) is 6.45. The van der Waals surface area contributed by atoms with Crippen molar-refractivity contribution >= 4 is 32.9 Å². The molecule has 100 valence electrons. The average molecular weight is 330 g/mol. The summed E-state index contributed by atoms with van der Waals surface area (Å²) in [6.45, 7) is 1.84. The van der Waals surface area contributed by atoms with Crippen molar-refractivity contribution in [2.45, 2.75) is 6.04 Å². The smallest absolute Gasteiger partial charge is 0.225 e. The Labute approximate surface area is 124 Å². The molecule has 0 N–H and O–H groups in total. The Morgan fingerprint density at radius 3 is 2.60 bits per heavy atom. The van der Waals surface area contributed by atoms with Crippen LogP contribution in [-0.2, 0) is 0 Å². The van der Waals surface area contributed by atoms with Crippen molar-refractivity contribution in [2.24, 2.45) is 0 Å². The topological polar surface area (TPSA) is 46.8 Å². The van der Waals surface area contributed by atoms with Gasteiger partial charge in [-0.3, -0.25) is 0 Å². The maximum atomic E-state index is 4.44. The Bertz CT molecular complexity index is 746. The molecule has 3 heterocycles. The molecule has 1 fully saturated rings. The Kier molecular flexibility index (Phi) is 2.70. The monoisotopic (exact) mass is 329 g/mol. The van der Waals surface area contributed by atoms with Crippen molar-refractivity contribution in [1.82, 2.24) is 19.5 Å². The van der Waals surface area contributed by atoms with Crippen molar-refractivity contribution in [3.05, 3.63) is 47.5 Å². The van der Waals surface area contributed by atoms with E-state index in [0.717, 1.165) is 29.0 Å². The average Bonchev–Trinajstić information content (AvgIpc) is 2.84. The zero-order chi connectivity index (χ0) is 13.5. The fourth-order valence-electron chi connectivity index (χ4n) is 2.53. The second-order valence-electron chi connectivity index (χ2n) is 4.90. The lowest BCUT2D eigenvalue weighted by Gasteiger charge is -2.40. The highest BCUT2D eigenvalue weighted by molar-refractivity contribution is 9.10. The summed E-state index contributed by atoms with van der Waals surface area (Å²) in [5, 5.41) is 0. The lowest BCUT2D eigenvalue weighted by atomic mass is 10.1. The molecular formula is C14H12BrN5. The van der Waals surface area contributed by atoms with Gasteiger partial charge in [-0.1, -0.05) is 12.1 Å². The van der Waals surface area contributed by atoms with Crippen LogP contribution in [-0.4, -0.2) is 32.6 Å². The number of para-hydroxylation sites is 2. The van der Waals surface area contributed by atoms with E-state index < -0.39 is 0 Å². The molecule has 5 nitrogen and oxygen atoms in total. The Morgan fingerprint density at radius 1 is 1.05 bits per heavy atom. The summed E-state index contributed by atoms with van der Waals surface area (Å²) in [5.74, 6) is 0.786. The fraction of sp³-hybridized carbons (Fsp3) is 0.214. The largest absolute Gasteiger partial charge is 0.337 e. The summed E-state index contributed by atoms with van der Waals surface area (Å²) in [5.41, 5.74) is 2.24. The van der Waals surface area contributed by atoms with Crippen LogP contribution in [0.25, 0.3) is 11.0 Å². The molecule has 3 aromatic rings. The standard InChI is InChI=1S/C14H12BrN5/c15-10-5-16-14(17-6-10)19-7-11(8-19)20-9-18-12-3-1-2-4-13(12)20/h1-6,9,11H,7-8H2. The van der Waals surface area contributed by atoms with E-state index in [1.807, 2.05) is 18.5 Å². The van der Waals surface area contributed by atoms with Crippen LogP contribution in [0.4, 0.5) is 5.95 Å². The number of fused-ring (bicyclic) bond motifs is 1. The molecule has 0 radical (unpaired) electrons. The third-order valence-electron chi connectivity index (χ3n) is 3.63. The lowest BCUT2D eigenvalue weighted by molar-refractivity contribution is 0.402. The molecule has 20 heavy (non-hydrogen) atoms. The van der Waals surface area contributed by atoms with Gasteiger partial charge in [0.15, 0.2) is 0 Å². The van der Waals surface area contributed by atoms with E-state index in [4.69, 9.17) is 0 Å². The van der Waals surface area contributed by atoms with Gasteiger partial charge in [-0.15, -0.1) is 0 Å². The third kappa shape index (κ3) is 1.87. The second-order valence-corrected chi connectivity index (χ2v) is 5.82. The van der Waals surface area contributed by atoms with E-state index in [1.165, 1.54) is 5.52 Å². The minimum absolute atomic E-state index is 0.439. The van der Waals surface area contributed by atoms with Crippen LogP contribution in [0.2, 0.25) is 0 Å². The highest BCUT2D eigenvalue weighted by atomic mass is 79.9. The molecule has 1 aliphatic rings. The first-order valence-corrected chi connectivity index (χ1v) is 7.24. The SMILES string of the molecule is Brc1cnc(N2CC(n3cnc4ccccc43)C2)nc1. The number of halogens is 1. The molecule has 1 aliphatic heterocycles. The molecule has 4 rings (SSSR count). The number of anilines is 1. The number of nitrogens with zero attached hydrogens (tertiary/aromatic N) is 5. The fourth-order valence-corrected chi connectivity index (χ4v) is 2.74. The quantitative estimate of drug-likeness (QED) is 0.725. The molecule has 0 atom stereocenters. The maximum Gasteiger partial charge on any atom is 0.225 e. The predicted octanol–water partition coefficient (Wildman–Crippen LogP) is 2.65. The Morgan fingerprint density at radius 2 is 1.80 bits per heavy atom. The summed E-state index contributed by atoms with van der Waals surface area (Å²) in [6, 6.07) is 8.66. The van der Waals surface area contributed by atoms with Gasteiger partial charge in [0.05, 0.1) is 27.9 Å². The molecule has 1 saturated heterocycles. The Balaban J connectivity index is 1.55. The van der Waals surface area contributed by atoms with Gasteiger partial charge in [0.25, 0.3) is 0 Å². The molecule has 0 saturated carbocycles. The summed E-state index contributed by atoms with van der Waals surface area (Å²) in [7, 11) is 0. The predicted molar refractivity (Wildman–Crippen MR) is 80.7 cm³/mol. The highest BCUT2D eigenvalue weighted by Gasteiger charge is 2.30. The molecule has 0 amide bonds. The van der Waals surface area contributed by atoms with Crippen molar-refractivity contribution in [1.29, 1.82) is 0 Å². The molecule has 0 unspecified atom stereocenters. The number of rotatable bonds is 2. The normalized spacial score (nSPS) is 15.6. The summed E-state index contributed by atoms with van der Waals surface area (Å²) in [6.07, 6.45) is 5.49. The molecule has 0 spiro atoms. The first kappa shape index (κ1) is 11.8. The van der Waals surface area contributed by atoms with E-state index in [0.29, 0.717) is 6.04 Å². The molecule has 6 heteroatoms. The van der Waals surface area contributed by atoms with Crippen molar-refractivity contribution in [3.63, 3.8) is 0 Å². The molecule has 0 bridgehead atoms. The van der Waals surface area contributed by atoms with E-state index >= 15 is 0 Å². The van der Waals surface area contributed by atoms with Crippen LogP contribution >= 0.6 is 15.9 Å². The van der Waals surface area contributed by atoms with Gasteiger partial charge in [-0.25, -0.2) is 15.0 Å². The molecule has 2 aromatic heterocycles. The van der Waals surface area contributed by atoms with Crippen LogP contribution in [0, 0.1) is 0 Å². The number of benzene rings is 1. The van der Waals surface area contributed by atoms with Crippen LogP contribution in [0.15, 0.2) is 47.5 Å². The number of hydrogen-bond donors (Lipinski definition) is 0. The van der Waals surface area contributed by atoms with Gasteiger partial charge >= 0.3 is 0 Å². The van der Waals surface area contributed by atoms with Crippen LogP contribution in [0.5, 0.6) is 0 Å². The first-order chi connectivity index (χ1) is 9.81. The van der Waals surface area contributed by atoms with Crippen LogP contribution < -0.4 is 4.90 Å². The van der Waals surface area contributed by atoms with Gasteiger partial charge in [0.2, 0.25) is 5.95 Å². The number of hydrogen-bond acceptors (Lipinski definition) is 4. The van der Waals surface area contributed by atoms with E-state index in [9.17, 15) is 0 Å².